The van der Waals surface area contributed by atoms with E-state index in [-0.39, 0.29) is 10.8 Å². The molecule has 0 aliphatic carbocycles. The van der Waals surface area contributed by atoms with Crippen molar-refractivity contribution in [2.75, 3.05) is 33.3 Å². The standard InChI is InChI=1S/C18H25ClN4O3S2/c1-3-20-18(21-11-10-14-4-6-15(26-2)7-5-14)22-12-13-23-28(24,25)17-9-8-16(19)27-17/h4-9,23H,3,10-13H2,1-2H3,(H2,20,21,22). The Labute approximate surface area is 175 Å². The Balaban J connectivity index is 1.79. The first-order chi connectivity index (χ1) is 13.4. The first kappa shape index (κ1) is 22.5. The molecule has 28 heavy (non-hydrogen) atoms. The van der Waals surface area contributed by atoms with Crippen molar-refractivity contribution in [2.24, 2.45) is 4.99 Å². The number of sulfonamides is 1. The number of thiophene rings is 1. The van der Waals surface area contributed by atoms with Crippen molar-refractivity contribution in [1.29, 1.82) is 0 Å². The third-order valence-electron chi connectivity index (χ3n) is 3.70. The Hall–Kier alpha value is -1.81. The second-order valence-electron chi connectivity index (χ2n) is 5.74. The number of nitrogens with zero attached hydrogens (tertiary/aromatic N) is 1. The van der Waals surface area contributed by atoms with Crippen LogP contribution in [0.15, 0.2) is 45.6 Å². The van der Waals surface area contributed by atoms with Gasteiger partial charge in [0.25, 0.3) is 0 Å². The fourth-order valence-corrected chi connectivity index (χ4v) is 4.87. The zero-order valence-electron chi connectivity index (χ0n) is 15.9. The number of methoxy groups -OCH3 is 1. The van der Waals surface area contributed by atoms with Crippen LogP contribution in [0.2, 0.25) is 4.34 Å². The smallest absolute Gasteiger partial charge is 0.250 e. The Bertz CT molecular complexity index is 867. The van der Waals surface area contributed by atoms with Crippen LogP contribution in [0.25, 0.3) is 0 Å². The summed E-state index contributed by atoms with van der Waals surface area (Å²) < 4.78 is 32.6. The Morgan fingerprint density at radius 2 is 1.89 bits per heavy atom. The van der Waals surface area contributed by atoms with Crippen LogP contribution in [0.5, 0.6) is 5.75 Å². The molecule has 0 saturated heterocycles. The van der Waals surface area contributed by atoms with Gasteiger partial charge in [0.2, 0.25) is 10.0 Å². The molecule has 0 unspecified atom stereocenters. The molecule has 154 valence electrons. The second-order valence-corrected chi connectivity index (χ2v) is 9.45. The van der Waals surface area contributed by atoms with Gasteiger partial charge in [-0.3, -0.25) is 4.99 Å². The van der Waals surface area contributed by atoms with Gasteiger partial charge in [-0.2, -0.15) is 0 Å². The predicted octanol–water partition coefficient (Wildman–Crippen LogP) is 2.49. The van der Waals surface area contributed by atoms with E-state index >= 15 is 0 Å². The molecule has 1 heterocycles. The van der Waals surface area contributed by atoms with E-state index in [1.807, 2.05) is 31.2 Å². The van der Waals surface area contributed by atoms with Gasteiger partial charge >= 0.3 is 0 Å². The van der Waals surface area contributed by atoms with Crippen LogP contribution in [-0.4, -0.2) is 47.7 Å². The summed E-state index contributed by atoms with van der Waals surface area (Å²) in [6.07, 6.45) is 0.834. The van der Waals surface area contributed by atoms with Crippen molar-refractivity contribution in [2.45, 2.75) is 17.6 Å². The number of halogens is 1. The Kier molecular flexibility index (Phi) is 9.04. The van der Waals surface area contributed by atoms with Gasteiger partial charge in [-0.05, 0) is 43.2 Å². The van der Waals surface area contributed by atoms with Gasteiger partial charge in [0.1, 0.15) is 9.96 Å². The molecule has 1 aromatic carbocycles. The molecule has 1 aromatic heterocycles. The van der Waals surface area contributed by atoms with Gasteiger partial charge in [-0.1, -0.05) is 23.7 Å². The number of hydrogen-bond acceptors (Lipinski definition) is 5. The number of guanidine groups is 1. The van der Waals surface area contributed by atoms with Crippen LogP contribution >= 0.6 is 22.9 Å². The van der Waals surface area contributed by atoms with E-state index in [4.69, 9.17) is 16.3 Å². The third-order valence-corrected chi connectivity index (χ3v) is 6.88. The average Bonchev–Trinajstić information content (AvgIpc) is 3.13. The number of nitrogens with one attached hydrogen (secondary N) is 3. The number of hydrogen-bond donors (Lipinski definition) is 3. The molecule has 0 saturated carbocycles. The molecule has 0 spiro atoms. The highest BCUT2D eigenvalue weighted by atomic mass is 35.5. The number of ether oxygens (including phenoxy) is 1. The van der Waals surface area contributed by atoms with E-state index in [2.05, 4.69) is 20.3 Å². The van der Waals surface area contributed by atoms with Gasteiger partial charge in [-0.25, -0.2) is 13.1 Å². The molecule has 10 heteroatoms. The average molecular weight is 445 g/mol. The summed E-state index contributed by atoms with van der Waals surface area (Å²) in [5, 5.41) is 6.39. The van der Waals surface area contributed by atoms with E-state index in [9.17, 15) is 8.42 Å². The Morgan fingerprint density at radius 3 is 2.50 bits per heavy atom. The highest BCUT2D eigenvalue weighted by Gasteiger charge is 2.15. The minimum Gasteiger partial charge on any atom is -0.497 e. The number of aliphatic imine (C=N–C) groups is 1. The summed E-state index contributed by atoms with van der Waals surface area (Å²) in [5.41, 5.74) is 1.19. The SMILES string of the molecule is CCNC(=NCCNS(=O)(=O)c1ccc(Cl)s1)NCCc1ccc(OC)cc1. The van der Waals surface area contributed by atoms with Crippen LogP contribution in [-0.2, 0) is 16.4 Å². The van der Waals surface area contributed by atoms with Crippen molar-refractivity contribution in [3.63, 3.8) is 0 Å². The largest absolute Gasteiger partial charge is 0.497 e. The fourth-order valence-electron chi connectivity index (χ4n) is 2.32. The second kappa shape index (κ2) is 11.3. The van der Waals surface area contributed by atoms with Crippen molar-refractivity contribution < 1.29 is 13.2 Å². The molecule has 0 atom stereocenters. The fraction of sp³-hybridized carbons (Fsp3) is 0.389. The maximum atomic E-state index is 12.1. The lowest BCUT2D eigenvalue weighted by Gasteiger charge is -2.11. The first-order valence-electron chi connectivity index (χ1n) is 8.84. The lowest BCUT2D eigenvalue weighted by Crippen LogP contribution is -2.39. The summed E-state index contributed by atoms with van der Waals surface area (Å²) in [7, 11) is -1.90. The molecule has 0 aliphatic heterocycles. The van der Waals surface area contributed by atoms with Crippen LogP contribution in [0.4, 0.5) is 0 Å². The normalized spacial score (nSPS) is 12.0. The van der Waals surface area contributed by atoms with E-state index < -0.39 is 10.0 Å². The summed E-state index contributed by atoms with van der Waals surface area (Å²) in [6.45, 7) is 3.92. The van der Waals surface area contributed by atoms with Crippen LogP contribution in [0.1, 0.15) is 12.5 Å². The van der Waals surface area contributed by atoms with E-state index in [0.29, 0.717) is 29.9 Å². The molecule has 2 rings (SSSR count). The predicted molar refractivity (Wildman–Crippen MR) is 115 cm³/mol. The first-order valence-corrected chi connectivity index (χ1v) is 11.5. The molecular formula is C18H25ClN4O3S2. The van der Waals surface area contributed by atoms with Crippen molar-refractivity contribution in [3.8, 4) is 5.75 Å². The molecular weight excluding hydrogens is 420 g/mol. The summed E-state index contributed by atoms with van der Waals surface area (Å²) in [4.78, 5) is 4.40. The van der Waals surface area contributed by atoms with Gasteiger partial charge in [0.15, 0.2) is 5.96 Å². The maximum Gasteiger partial charge on any atom is 0.250 e. The van der Waals surface area contributed by atoms with E-state index in [1.54, 1.807) is 13.2 Å². The summed E-state index contributed by atoms with van der Waals surface area (Å²) in [5.74, 6) is 1.48. The number of rotatable bonds is 10. The lowest BCUT2D eigenvalue weighted by molar-refractivity contribution is 0.414. The molecule has 2 aromatic rings. The van der Waals surface area contributed by atoms with Crippen LogP contribution in [0, 0.1) is 0 Å². The highest BCUT2D eigenvalue weighted by Crippen LogP contribution is 2.25. The van der Waals surface area contributed by atoms with Crippen molar-refractivity contribution in [3.05, 3.63) is 46.3 Å². The number of benzene rings is 1. The van der Waals surface area contributed by atoms with E-state index in [0.717, 1.165) is 23.5 Å². The van der Waals surface area contributed by atoms with Gasteiger partial charge in [0.05, 0.1) is 18.0 Å². The van der Waals surface area contributed by atoms with Crippen LogP contribution < -0.4 is 20.1 Å². The zero-order valence-corrected chi connectivity index (χ0v) is 18.3. The quantitative estimate of drug-likeness (QED) is 0.297. The van der Waals surface area contributed by atoms with Crippen LogP contribution in [0.3, 0.4) is 0 Å². The van der Waals surface area contributed by atoms with E-state index in [1.165, 1.54) is 11.6 Å². The summed E-state index contributed by atoms with van der Waals surface area (Å²) >= 11 is 6.82. The monoisotopic (exact) mass is 444 g/mol. The molecule has 0 fully saturated rings. The molecule has 0 bridgehead atoms. The molecule has 0 radical (unpaired) electrons. The lowest BCUT2D eigenvalue weighted by atomic mass is 10.1. The van der Waals surface area contributed by atoms with Crippen molar-refractivity contribution >= 4 is 38.9 Å². The Morgan fingerprint density at radius 1 is 1.14 bits per heavy atom. The maximum absolute atomic E-state index is 12.1. The van der Waals surface area contributed by atoms with Gasteiger partial charge in [0, 0.05) is 19.6 Å². The summed E-state index contributed by atoms with van der Waals surface area (Å²) in [6, 6.07) is 11.0. The van der Waals surface area contributed by atoms with Gasteiger partial charge in [-0.15, -0.1) is 11.3 Å². The minimum atomic E-state index is -3.54. The van der Waals surface area contributed by atoms with Gasteiger partial charge < -0.3 is 15.4 Å². The highest BCUT2D eigenvalue weighted by molar-refractivity contribution is 7.91. The molecule has 0 amide bonds. The van der Waals surface area contributed by atoms with Crippen molar-refractivity contribution in [1.82, 2.24) is 15.4 Å². The third kappa shape index (κ3) is 7.31. The minimum absolute atomic E-state index is 0.200. The molecule has 0 aliphatic rings. The molecule has 3 N–H and O–H groups in total. The molecule has 7 nitrogen and oxygen atoms in total. The zero-order chi connectivity index (χ0) is 20.4. The topological polar surface area (TPSA) is 91.8 Å².